The van der Waals surface area contributed by atoms with Crippen LogP contribution in [0.2, 0.25) is 0 Å². The maximum atomic E-state index is 10.1. The summed E-state index contributed by atoms with van der Waals surface area (Å²) in [4.78, 5) is 21.1. The Bertz CT molecular complexity index is 285. The number of aromatic nitrogens is 2. The van der Waals surface area contributed by atoms with E-state index in [0.717, 1.165) is 6.39 Å². The first kappa shape index (κ1) is 11.7. The van der Waals surface area contributed by atoms with Crippen LogP contribution < -0.4 is 0 Å². The molecule has 1 aromatic rings. The van der Waals surface area contributed by atoms with Gasteiger partial charge in [-0.25, -0.2) is 0 Å². The van der Waals surface area contributed by atoms with E-state index in [2.05, 4.69) is 14.7 Å². The van der Waals surface area contributed by atoms with Crippen LogP contribution in [0.3, 0.4) is 0 Å². The zero-order valence-electron chi connectivity index (χ0n) is 5.79. The van der Waals surface area contributed by atoms with Gasteiger partial charge in [-0.1, -0.05) is 0 Å². The van der Waals surface area contributed by atoms with Crippen LogP contribution in [0.1, 0.15) is 12.0 Å². The molecule has 0 aliphatic carbocycles. The molecule has 0 bridgehead atoms. The van der Waals surface area contributed by atoms with Crippen molar-refractivity contribution in [3.63, 3.8) is 0 Å². The molecule has 0 aliphatic heterocycles. The molecular weight excluding hydrogens is 280 g/mol. The van der Waals surface area contributed by atoms with Crippen LogP contribution >= 0.6 is 0 Å². The van der Waals surface area contributed by atoms with Crippen molar-refractivity contribution in [3.8, 4) is 0 Å². The van der Waals surface area contributed by atoms with E-state index in [1.165, 1.54) is 0 Å². The molecule has 13 heavy (non-hydrogen) atoms. The molecule has 0 spiro atoms. The van der Waals surface area contributed by atoms with Gasteiger partial charge in [0.1, 0.15) is 9.85 Å². The van der Waals surface area contributed by atoms with E-state index in [1.54, 1.807) is 0 Å². The second kappa shape index (κ2) is 4.64. The first-order valence-corrected chi connectivity index (χ1v) is 2.66. The predicted octanol–water partition coefficient (Wildman–Crippen LogP) is -0.381. The second-order valence-corrected chi connectivity index (χ2v) is 1.73. The molecule has 9 nitrogen and oxygen atoms in total. The van der Waals surface area contributed by atoms with Gasteiger partial charge in [0.25, 0.3) is 0 Å². The fourth-order valence-corrected chi connectivity index (χ4v) is 0.558. The number of hydrogen-bond donors (Lipinski definition) is 0. The van der Waals surface area contributed by atoms with Gasteiger partial charge in [-0.2, -0.15) is 4.98 Å². The van der Waals surface area contributed by atoms with Gasteiger partial charge >= 0.3 is 12.0 Å². The predicted molar refractivity (Wildman–Crippen MR) is 31.0 cm³/mol. The van der Waals surface area contributed by atoms with Crippen LogP contribution in [0.4, 0.5) is 0 Å². The molecule has 1 heterocycles. The van der Waals surface area contributed by atoms with Crippen LogP contribution in [0, 0.1) is 20.2 Å². The number of hydrogen-bond acceptors (Lipinski definition) is 7. The average molecular weight is 282 g/mol. The molecule has 1 radical (unpaired) electrons. The minimum absolute atomic E-state index is 0. The van der Waals surface area contributed by atoms with Crippen molar-refractivity contribution >= 4 is 0 Å². The van der Waals surface area contributed by atoms with Crippen molar-refractivity contribution in [3.05, 3.63) is 32.4 Å². The van der Waals surface area contributed by atoms with E-state index in [1.807, 2.05) is 0 Å². The Labute approximate surface area is 85.9 Å². The first-order chi connectivity index (χ1) is 5.63. The molecule has 0 aromatic carbocycles. The monoisotopic (exact) mass is 281 g/mol. The fourth-order valence-electron chi connectivity index (χ4n) is 0.558. The van der Waals surface area contributed by atoms with Gasteiger partial charge in [-0.3, -0.25) is 20.2 Å². The van der Waals surface area contributed by atoms with Crippen LogP contribution in [0.15, 0.2) is 10.9 Å². The molecule has 0 fully saturated rings. The zero-order valence-corrected chi connectivity index (χ0v) is 7.27. The SMILES string of the molecule is O=[N+]([O-])C(c1ncon1)[N+](=O)[O-].[Ag]. The van der Waals surface area contributed by atoms with Gasteiger partial charge < -0.3 is 4.52 Å². The Kier molecular flexibility index (Phi) is 4.17. The smallest absolute Gasteiger partial charge is 0.342 e. The van der Waals surface area contributed by atoms with Gasteiger partial charge in [0.15, 0.2) is 0 Å². The standard InChI is InChI=1S/C3H2N4O5.Ag/c8-6(9)3(7(10)11)2-4-1-12-5-2;/h1,3H;. The van der Waals surface area contributed by atoms with Crippen LogP contribution in [0.25, 0.3) is 0 Å². The number of nitrogens with zero attached hydrogens (tertiary/aromatic N) is 4. The third-order valence-corrected chi connectivity index (χ3v) is 1.01. The quantitative estimate of drug-likeness (QED) is 0.320. The van der Waals surface area contributed by atoms with Crippen molar-refractivity contribution in [2.24, 2.45) is 0 Å². The molecule has 1 aromatic heterocycles. The molecule has 1 rings (SSSR count). The Morgan fingerprint density at radius 3 is 2.23 bits per heavy atom. The molecule has 0 unspecified atom stereocenters. The summed E-state index contributed by atoms with van der Waals surface area (Å²) in [6.07, 6.45) is -1.36. The van der Waals surface area contributed by atoms with Gasteiger partial charge in [0, 0.05) is 22.4 Å². The maximum Gasteiger partial charge on any atom is 0.512 e. The van der Waals surface area contributed by atoms with E-state index in [0.29, 0.717) is 0 Å². The largest absolute Gasteiger partial charge is 0.512 e. The topological polar surface area (TPSA) is 125 Å². The van der Waals surface area contributed by atoms with E-state index >= 15 is 0 Å². The van der Waals surface area contributed by atoms with Crippen molar-refractivity contribution in [2.45, 2.75) is 6.17 Å². The van der Waals surface area contributed by atoms with E-state index in [-0.39, 0.29) is 22.4 Å². The Balaban J connectivity index is 0.00000144. The van der Waals surface area contributed by atoms with Gasteiger partial charge in [0.05, 0.1) is 0 Å². The Morgan fingerprint density at radius 2 is 1.92 bits per heavy atom. The molecule has 75 valence electrons. The molecule has 10 heteroatoms. The minimum Gasteiger partial charge on any atom is -0.342 e. The van der Waals surface area contributed by atoms with Crippen molar-refractivity contribution in [1.29, 1.82) is 0 Å². The summed E-state index contributed by atoms with van der Waals surface area (Å²) in [7, 11) is 0. The van der Waals surface area contributed by atoms with E-state index in [4.69, 9.17) is 0 Å². The molecule has 0 saturated heterocycles. The third kappa shape index (κ3) is 2.57. The van der Waals surface area contributed by atoms with Gasteiger partial charge in [-0.15, -0.1) is 0 Å². The van der Waals surface area contributed by atoms with E-state index < -0.39 is 21.8 Å². The molecule has 0 saturated carbocycles. The number of nitro groups is 2. The Hall–Kier alpha value is -1.32. The van der Waals surface area contributed by atoms with Gasteiger partial charge in [-0.05, 0) is 5.16 Å². The second-order valence-electron chi connectivity index (χ2n) is 1.73. The normalized spacial score (nSPS) is 9.31. The molecule has 0 N–H and O–H groups in total. The minimum atomic E-state index is -2.15. The third-order valence-electron chi connectivity index (χ3n) is 1.01. The molecule has 0 amide bonds. The van der Waals surface area contributed by atoms with Crippen LogP contribution in [-0.2, 0) is 22.4 Å². The summed E-state index contributed by atoms with van der Waals surface area (Å²) < 4.78 is 4.13. The summed E-state index contributed by atoms with van der Waals surface area (Å²) in [6.45, 7) is 0. The van der Waals surface area contributed by atoms with Crippen LogP contribution in [-0.4, -0.2) is 20.0 Å². The first-order valence-electron chi connectivity index (χ1n) is 2.66. The summed E-state index contributed by atoms with van der Waals surface area (Å²) >= 11 is 0. The zero-order chi connectivity index (χ0) is 9.14. The summed E-state index contributed by atoms with van der Waals surface area (Å²) in [5, 5.41) is 23.2. The van der Waals surface area contributed by atoms with Crippen LogP contribution in [0.5, 0.6) is 0 Å². The fraction of sp³-hybridized carbons (Fsp3) is 0.333. The molecular formula is C3H2AgN4O5. The Morgan fingerprint density at radius 1 is 1.38 bits per heavy atom. The van der Waals surface area contributed by atoms with Crippen molar-refractivity contribution in [1.82, 2.24) is 10.1 Å². The summed E-state index contributed by atoms with van der Waals surface area (Å²) in [6, 6.07) is 0. The maximum absolute atomic E-state index is 10.1. The number of rotatable bonds is 3. The van der Waals surface area contributed by atoms with Gasteiger partial charge in [0.2, 0.25) is 6.39 Å². The van der Waals surface area contributed by atoms with E-state index in [9.17, 15) is 20.2 Å². The molecule has 0 atom stereocenters. The van der Waals surface area contributed by atoms with Crippen molar-refractivity contribution in [2.75, 3.05) is 0 Å². The van der Waals surface area contributed by atoms with Crippen molar-refractivity contribution < 1.29 is 36.7 Å². The summed E-state index contributed by atoms with van der Waals surface area (Å²) in [5.74, 6) is -0.565. The molecule has 0 aliphatic rings. The average Bonchev–Trinajstić information content (AvgIpc) is 2.37. The summed E-state index contributed by atoms with van der Waals surface area (Å²) in [5.41, 5.74) is 0.